The molecule has 1 aromatic carbocycles. The Morgan fingerprint density at radius 2 is 1.96 bits per heavy atom. The highest BCUT2D eigenvalue weighted by molar-refractivity contribution is 5.92. The van der Waals surface area contributed by atoms with Crippen molar-refractivity contribution in [2.75, 3.05) is 19.6 Å². The van der Waals surface area contributed by atoms with Gasteiger partial charge in [-0.2, -0.15) is 0 Å². The predicted molar refractivity (Wildman–Crippen MR) is 95.4 cm³/mol. The molecule has 6 nitrogen and oxygen atoms in total. The third-order valence-corrected chi connectivity index (χ3v) is 5.36. The van der Waals surface area contributed by atoms with Crippen LogP contribution in [0.2, 0.25) is 0 Å². The van der Waals surface area contributed by atoms with Gasteiger partial charge in [0.15, 0.2) is 5.69 Å². The maximum atomic E-state index is 12.9. The van der Waals surface area contributed by atoms with Crippen LogP contribution >= 0.6 is 0 Å². The molecular formula is C19H25N5O. The highest BCUT2D eigenvalue weighted by atomic mass is 16.2. The predicted octanol–water partition coefficient (Wildman–Crippen LogP) is 2.05. The lowest BCUT2D eigenvalue weighted by Crippen LogP contribution is -2.37. The summed E-state index contributed by atoms with van der Waals surface area (Å²) in [4.78, 5) is 14.9. The molecule has 0 unspecified atom stereocenters. The summed E-state index contributed by atoms with van der Waals surface area (Å²) in [6.07, 6.45) is 6.95. The molecule has 0 saturated carbocycles. The first-order valence-corrected chi connectivity index (χ1v) is 9.29. The normalized spacial score (nSPS) is 21.6. The molecule has 0 radical (unpaired) electrons. The van der Waals surface area contributed by atoms with Crippen LogP contribution in [0, 0.1) is 0 Å². The van der Waals surface area contributed by atoms with Gasteiger partial charge in [-0.05, 0) is 50.8 Å². The van der Waals surface area contributed by atoms with Gasteiger partial charge in [0, 0.05) is 12.6 Å². The topological polar surface area (TPSA) is 63.1 Å². The van der Waals surface area contributed by atoms with Gasteiger partial charge in [-0.1, -0.05) is 35.5 Å². The van der Waals surface area contributed by atoms with Crippen molar-refractivity contribution in [1.82, 2.24) is 25.2 Å². The van der Waals surface area contributed by atoms with Crippen molar-refractivity contribution in [1.29, 1.82) is 0 Å². The highest BCUT2D eigenvalue weighted by Gasteiger charge is 2.31. The van der Waals surface area contributed by atoms with Crippen LogP contribution in [0.15, 0.2) is 36.5 Å². The van der Waals surface area contributed by atoms with Crippen LogP contribution in [0.25, 0.3) is 0 Å². The Morgan fingerprint density at radius 3 is 2.76 bits per heavy atom. The minimum absolute atomic E-state index is 0.0265. The van der Waals surface area contributed by atoms with Gasteiger partial charge in [0.2, 0.25) is 0 Å². The Morgan fingerprint density at radius 1 is 1.16 bits per heavy atom. The fourth-order valence-electron chi connectivity index (χ4n) is 3.97. The number of piperidine rings is 1. The van der Waals surface area contributed by atoms with Gasteiger partial charge in [0.05, 0.1) is 12.2 Å². The van der Waals surface area contributed by atoms with Crippen molar-refractivity contribution >= 4 is 5.91 Å². The van der Waals surface area contributed by atoms with E-state index in [-0.39, 0.29) is 11.9 Å². The van der Waals surface area contributed by atoms with Gasteiger partial charge in [0.1, 0.15) is 0 Å². The highest BCUT2D eigenvalue weighted by Crippen LogP contribution is 2.24. The summed E-state index contributed by atoms with van der Waals surface area (Å²) >= 11 is 0. The van der Waals surface area contributed by atoms with Crippen molar-refractivity contribution in [2.45, 2.75) is 44.2 Å². The summed E-state index contributed by atoms with van der Waals surface area (Å²) in [5.41, 5.74) is 1.77. The zero-order valence-electron chi connectivity index (χ0n) is 14.5. The van der Waals surface area contributed by atoms with E-state index in [1.54, 1.807) is 0 Å². The van der Waals surface area contributed by atoms with Crippen LogP contribution in [0.4, 0.5) is 0 Å². The lowest BCUT2D eigenvalue weighted by Gasteiger charge is -2.24. The van der Waals surface area contributed by atoms with E-state index < -0.39 is 0 Å². The second kappa shape index (κ2) is 7.35. The quantitative estimate of drug-likeness (QED) is 0.926. The van der Waals surface area contributed by atoms with E-state index in [1.807, 2.05) is 21.8 Å². The largest absolute Gasteiger partial charge is 0.334 e. The first kappa shape index (κ1) is 16.3. The molecule has 6 heteroatoms. The Bertz CT molecular complexity index is 708. The summed E-state index contributed by atoms with van der Waals surface area (Å²) in [7, 11) is 0. The Labute approximate surface area is 148 Å². The minimum atomic E-state index is 0.0265. The van der Waals surface area contributed by atoms with E-state index in [2.05, 4.69) is 39.9 Å². The van der Waals surface area contributed by atoms with Gasteiger partial charge in [-0.15, -0.1) is 5.10 Å². The molecule has 1 aromatic heterocycles. The maximum Gasteiger partial charge on any atom is 0.276 e. The van der Waals surface area contributed by atoms with Crippen LogP contribution in [0.1, 0.15) is 47.8 Å². The lowest BCUT2D eigenvalue weighted by atomic mass is 10.0. The van der Waals surface area contributed by atoms with E-state index in [0.717, 1.165) is 51.7 Å². The number of benzene rings is 1. The first-order chi connectivity index (χ1) is 12.3. The van der Waals surface area contributed by atoms with Crippen molar-refractivity contribution in [3.63, 3.8) is 0 Å². The van der Waals surface area contributed by atoms with Gasteiger partial charge in [-0.25, -0.2) is 4.68 Å². The number of aromatic nitrogens is 3. The molecule has 25 heavy (non-hydrogen) atoms. The minimum Gasteiger partial charge on any atom is -0.334 e. The number of hydrogen-bond acceptors (Lipinski definition) is 4. The molecule has 2 aliphatic rings. The monoisotopic (exact) mass is 339 g/mol. The third-order valence-electron chi connectivity index (χ3n) is 5.36. The van der Waals surface area contributed by atoms with Gasteiger partial charge in [0.25, 0.3) is 5.91 Å². The number of likely N-dealkylation sites (tertiary alicyclic amines) is 1. The summed E-state index contributed by atoms with van der Waals surface area (Å²) < 4.78 is 1.89. The third kappa shape index (κ3) is 3.58. The Hall–Kier alpha value is -2.21. The molecule has 3 heterocycles. The smallest absolute Gasteiger partial charge is 0.276 e. The standard InChI is InChI=1S/C19H25N5O/c25-19(18-14-24(22-21-18)16-8-10-20-11-9-16)23-12-4-7-17(23)13-15-5-2-1-3-6-15/h1-3,5-6,14,16-17,20H,4,7-13H2/t17-/m0/s1. The average molecular weight is 339 g/mol. The molecule has 4 rings (SSSR count). The van der Waals surface area contributed by atoms with Crippen molar-refractivity contribution in [3.05, 3.63) is 47.8 Å². The fourth-order valence-corrected chi connectivity index (χ4v) is 3.97. The van der Waals surface area contributed by atoms with E-state index in [0.29, 0.717) is 11.7 Å². The number of rotatable bonds is 4. The lowest BCUT2D eigenvalue weighted by molar-refractivity contribution is 0.0730. The molecule has 1 N–H and O–H groups in total. The number of hydrogen-bond donors (Lipinski definition) is 1. The zero-order chi connectivity index (χ0) is 17.1. The van der Waals surface area contributed by atoms with Gasteiger partial charge >= 0.3 is 0 Å². The molecule has 2 fully saturated rings. The fraction of sp³-hybridized carbons (Fsp3) is 0.526. The molecular weight excluding hydrogens is 314 g/mol. The molecule has 1 amide bonds. The SMILES string of the molecule is O=C(c1cn(C2CCNCC2)nn1)N1CCC[C@H]1Cc1ccccc1. The molecule has 1 atom stereocenters. The summed E-state index contributed by atoms with van der Waals surface area (Å²) in [6, 6.07) is 11.0. The summed E-state index contributed by atoms with van der Waals surface area (Å²) in [5, 5.41) is 11.8. The van der Waals surface area contributed by atoms with Gasteiger partial charge < -0.3 is 10.2 Å². The molecule has 2 saturated heterocycles. The summed E-state index contributed by atoms with van der Waals surface area (Å²) in [6.45, 7) is 2.81. The maximum absolute atomic E-state index is 12.9. The van der Waals surface area contributed by atoms with E-state index in [4.69, 9.17) is 0 Å². The molecule has 0 spiro atoms. The van der Waals surface area contributed by atoms with E-state index >= 15 is 0 Å². The number of carbonyl (C=O) groups excluding carboxylic acids is 1. The number of amides is 1. The molecule has 0 bridgehead atoms. The van der Waals surface area contributed by atoms with Crippen LogP contribution < -0.4 is 5.32 Å². The van der Waals surface area contributed by atoms with Crippen molar-refractivity contribution < 1.29 is 4.79 Å². The van der Waals surface area contributed by atoms with Crippen LogP contribution in [0.5, 0.6) is 0 Å². The van der Waals surface area contributed by atoms with Crippen molar-refractivity contribution in [2.24, 2.45) is 0 Å². The second-order valence-electron chi connectivity index (χ2n) is 7.05. The van der Waals surface area contributed by atoms with Crippen LogP contribution in [0.3, 0.4) is 0 Å². The molecule has 0 aliphatic carbocycles. The first-order valence-electron chi connectivity index (χ1n) is 9.29. The molecule has 2 aromatic rings. The number of nitrogens with one attached hydrogen (secondary N) is 1. The van der Waals surface area contributed by atoms with Crippen LogP contribution in [-0.4, -0.2) is 51.5 Å². The van der Waals surface area contributed by atoms with E-state index in [9.17, 15) is 4.79 Å². The number of carbonyl (C=O) groups is 1. The Balaban J connectivity index is 1.45. The number of nitrogens with zero attached hydrogens (tertiary/aromatic N) is 4. The van der Waals surface area contributed by atoms with Crippen LogP contribution in [-0.2, 0) is 6.42 Å². The average Bonchev–Trinajstić information content (AvgIpc) is 3.32. The van der Waals surface area contributed by atoms with E-state index in [1.165, 1.54) is 5.56 Å². The Kier molecular flexibility index (Phi) is 4.78. The molecule has 2 aliphatic heterocycles. The summed E-state index contributed by atoms with van der Waals surface area (Å²) in [5.74, 6) is 0.0265. The van der Waals surface area contributed by atoms with Gasteiger partial charge in [-0.3, -0.25) is 4.79 Å². The zero-order valence-corrected chi connectivity index (χ0v) is 14.5. The second-order valence-corrected chi connectivity index (χ2v) is 7.05. The van der Waals surface area contributed by atoms with Crippen molar-refractivity contribution in [3.8, 4) is 0 Å². The molecule has 132 valence electrons.